The molecule has 0 bridgehead atoms. The molecule has 3 nitrogen and oxygen atoms in total. The number of nitrogens with zero attached hydrogens (tertiary/aromatic N) is 2. The Bertz CT molecular complexity index is 458. The molecule has 88 valence electrons. The summed E-state index contributed by atoms with van der Waals surface area (Å²) in [5.74, 6) is 0. The van der Waals surface area contributed by atoms with Crippen LogP contribution in [0.5, 0.6) is 0 Å². The molecular formula is C13H15N3S. The van der Waals surface area contributed by atoms with Crippen LogP contribution in [0.25, 0.3) is 10.6 Å². The van der Waals surface area contributed by atoms with Gasteiger partial charge in [-0.1, -0.05) is 0 Å². The molecule has 1 saturated heterocycles. The van der Waals surface area contributed by atoms with Crippen LogP contribution in [0.1, 0.15) is 0 Å². The van der Waals surface area contributed by atoms with Gasteiger partial charge in [-0.15, -0.1) is 11.3 Å². The Morgan fingerprint density at radius 3 is 2.53 bits per heavy atom. The number of nitrogens with one attached hydrogen (secondary N) is 1. The highest BCUT2D eigenvalue weighted by Crippen LogP contribution is 2.24. The van der Waals surface area contributed by atoms with Gasteiger partial charge in [-0.2, -0.15) is 0 Å². The zero-order valence-corrected chi connectivity index (χ0v) is 10.4. The van der Waals surface area contributed by atoms with Crippen LogP contribution in [0.4, 0.5) is 5.69 Å². The molecule has 0 amide bonds. The Kier molecular flexibility index (Phi) is 3.07. The van der Waals surface area contributed by atoms with Gasteiger partial charge in [0.05, 0.1) is 0 Å². The first-order valence-electron chi connectivity index (χ1n) is 5.89. The third-order valence-corrected chi connectivity index (χ3v) is 3.85. The number of rotatable bonds is 2. The molecule has 1 aliphatic heterocycles. The zero-order valence-electron chi connectivity index (χ0n) is 9.60. The molecule has 0 saturated carbocycles. The van der Waals surface area contributed by atoms with Gasteiger partial charge < -0.3 is 10.2 Å². The lowest BCUT2D eigenvalue weighted by molar-refractivity contribution is 0.589. The normalized spacial score (nSPS) is 16.1. The second-order valence-electron chi connectivity index (χ2n) is 4.12. The number of piperazine rings is 1. The van der Waals surface area contributed by atoms with Gasteiger partial charge in [-0.25, -0.2) is 4.98 Å². The van der Waals surface area contributed by atoms with E-state index in [1.165, 1.54) is 11.3 Å². The number of hydrogen-bond donors (Lipinski definition) is 1. The van der Waals surface area contributed by atoms with E-state index in [2.05, 4.69) is 39.5 Å². The van der Waals surface area contributed by atoms with Crippen LogP contribution >= 0.6 is 11.3 Å². The van der Waals surface area contributed by atoms with E-state index < -0.39 is 0 Å². The molecule has 1 N–H and O–H groups in total. The van der Waals surface area contributed by atoms with Gasteiger partial charge in [0.25, 0.3) is 0 Å². The fraction of sp³-hybridized carbons (Fsp3) is 0.308. The summed E-state index contributed by atoms with van der Waals surface area (Å²) in [6, 6.07) is 8.72. The zero-order chi connectivity index (χ0) is 11.5. The van der Waals surface area contributed by atoms with Crippen molar-refractivity contribution < 1.29 is 0 Å². The Balaban J connectivity index is 1.80. The summed E-state index contributed by atoms with van der Waals surface area (Å²) in [5.41, 5.74) is 2.52. The standard InChI is InChI=1S/C13H15N3S/c1-3-12(16-8-5-14-6-9-16)4-2-11(1)13-15-7-10-17-13/h1-4,7,10,14H,5-6,8-9H2. The van der Waals surface area contributed by atoms with E-state index in [0.29, 0.717) is 0 Å². The Hall–Kier alpha value is -1.39. The van der Waals surface area contributed by atoms with Gasteiger partial charge in [-0.05, 0) is 24.3 Å². The highest BCUT2D eigenvalue weighted by molar-refractivity contribution is 7.13. The molecule has 1 aromatic heterocycles. The smallest absolute Gasteiger partial charge is 0.123 e. The average Bonchev–Trinajstić information content (AvgIpc) is 2.94. The summed E-state index contributed by atoms with van der Waals surface area (Å²) in [5, 5.41) is 6.48. The van der Waals surface area contributed by atoms with Crippen LogP contribution in [-0.4, -0.2) is 31.2 Å². The quantitative estimate of drug-likeness (QED) is 0.879. The number of aromatic nitrogens is 1. The van der Waals surface area contributed by atoms with Crippen LogP contribution in [0, 0.1) is 0 Å². The van der Waals surface area contributed by atoms with Crippen molar-refractivity contribution in [3.05, 3.63) is 35.8 Å². The Morgan fingerprint density at radius 1 is 1.12 bits per heavy atom. The van der Waals surface area contributed by atoms with E-state index in [9.17, 15) is 0 Å². The molecule has 17 heavy (non-hydrogen) atoms. The Labute approximate surface area is 105 Å². The maximum atomic E-state index is 4.32. The predicted octanol–water partition coefficient (Wildman–Crippen LogP) is 2.22. The lowest BCUT2D eigenvalue weighted by atomic mass is 10.2. The van der Waals surface area contributed by atoms with Crippen LogP contribution in [-0.2, 0) is 0 Å². The van der Waals surface area contributed by atoms with Crippen LogP contribution in [0.15, 0.2) is 35.8 Å². The fourth-order valence-corrected chi connectivity index (χ4v) is 2.75. The molecule has 2 heterocycles. The summed E-state index contributed by atoms with van der Waals surface area (Å²) >= 11 is 1.68. The van der Waals surface area contributed by atoms with E-state index in [1.54, 1.807) is 11.3 Å². The second kappa shape index (κ2) is 4.85. The van der Waals surface area contributed by atoms with Gasteiger partial charge in [-0.3, -0.25) is 0 Å². The highest BCUT2D eigenvalue weighted by atomic mass is 32.1. The van der Waals surface area contributed by atoms with E-state index in [1.807, 2.05) is 11.6 Å². The molecule has 1 fully saturated rings. The van der Waals surface area contributed by atoms with E-state index in [0.717, 1.165) is 31.2 Å². The minimum Gasteiger partial charge on any atom is -0.369 e. The lowest BCUT2D eigenvalue weighted by Gasteiger charge is -2.29. The van der Waals surface area contributed by atoms with Crippen LogP contribution in [0.3, 0.4) is 0 Å². The average molecular weight is 245 g/mol. The highest BCUT2D eigenvalue weighted by Gasteiger charge is 2.10. The number of thiazole rings is 1. The van der Waals surface area contributed by atoms with Gasteiger partial charge in [0.15, 0.2) is 0 Å². The second-order valence-corrected chi connectivity index (χ2v) is 5.02. The van der Waals surface area contributed by atoms with Crippen molar-refractivity contribution in [1.82, 2.24) is 10.3 Å². The summed E-state index contributed by atoms with van der Waals surface area (Å²) in [6.45, 7) is 4.34. The Morgan fingerprint density at radius 2 is 1.88 bits per heavy atom. The number of anilines is 1. The van der Waals surface area contributed by atoms with Gasteiger partial charge >= 0.3 is 0 Å². The molecule has 0 atom stereocenters. The third kappa shape index (κ3) is 2.33. The predicted molar refractivity (Wildman–Crippen MR) is 72.6 cm³/mol. The summed E-state index contributed by atoms with van der Waals surface area (Å²) in [4.78, 5) is 6.74. The summed E-state index contributed by atoms with van der Waals surface area (Å²) in [7, 11) is 0. The first-order valence-corrected chi connectivity index (χ1v) is 6.77. The van der Waals surface area contributed by atoms with Crippen molar-refractivity contribution in [2.24, 2.45) is 0 Å². The van der Waals surface area contributed by atoms with Crippen molar-refractivity contribution in [3.8, 4) is 10.6 Å². The first kappa shape index (κ1) is 10.7. The van der Waals surface area contributed by atoms with Crippen molar-refractivity contribution in [2.75, 3.05) is 31.1 Å². The first-order chi connectivity index (χ1) is 8.43. The van der Waals surface area contributed by atoms with E-state index in [4.69, 9.17) is 0 Å². The van der Waals surface area contributed by atoms with Crippen molar-refractivity contribution in [3.63, 3.8) is 0 Å². The van der Waals surface area contributed by atoms with Crippen molar-refractivity contribution >= 4 is 17.0 Å². The SMILES string of the molecule is c1csc(-c2ccc(N3CCNCC3)cc2)n1. The van der Waals surface area contributed by atoms with Crippen molar-refractivity contribution in [2.45, 2.75) is 0 Å². The maximum Gasteiger partial charge on any atom is 0.123 e. The molecule has 0 unspecified atom stereocenters. The molecule has 0 spiro atoms. The molecule has 0 radical (unpaired) electrons. The number of benzene rings is 1. The van der Waals surface area contributed by atoms with Gasteiger partial charge in [0, 0.05) is 49.0 Å². The lowest BCUT2D eigenvalue weighted by Crippen LogP contribution is -2.43. The van der Waals surface area contributed by atoms with Crippen LogP contribution < -0.4 is 10.2 Å². The monoisotopic (exact) mass is 245 g/mol. The third-order valence-electron chi connectivity index (χ3n) is 3.03. The number of hydrogen-bond acceptors (Lipinski definition) is 4. The molecule has 1 aliphatic rings. The molecule has 2 aromatic rings. The topological polar surface area (TPSA) is 28.2 Å². The van der Waals surface area contributed by atoms with E-state index >= 15 is 0 Å². The molecule has 0 aliphatic carbocycles. The van der Waals surface area contributed by atoms with Gasteiger partial charge in [0.1, 0.15) is 5.01 Å². The fourth-order valence-electron chi connectivity index (χ4n) is 2.10. The molecule has 4 heteroatoms. The maximum absolute atomic E-state index is 4.32. The molecule has 3 rings (SSSR count). The molecule has 1 aromatic carbocycles. The molecular weight excluding hydrogens is 230 g/mol. The van der Waals surface area contributed by atoms with Crippen LogP contribution in [0.2, 0.25) is 0 Å². The largest absolute Gasteiger partial charge is 0.369 e. The van der Waals surface area contributed by atoms with Gasteiger partial charge in [0.2, 0.25) is 0 Å². The summed E-state index contributed by atoms with van der Waals surface area (Å²) in [6.07, 6.45) is 1.85. The minimum atomic E-state index is 1.08. The minimum absolute atomic E-state index is 1.08. The summed E-state index contributed by atoms with van der Waals surface area (Å²) < 4.78 is 0. The van der Waals surface area contributed by atoms with Crippen molar-refractivity contribution in [1.29, 1.82) is 0 Å². The van der Waals surface area contributed by atoms with E-state index in [-0.39, 0.29) is 0 Å².